The van der Waals surface area contributed by atoms with Crippen LogP contribution in [0.15, 0.2) is 60.7 Å². The van der Waals surface area contributed by atoms with E-state index in [1.807, 2.05) is 0 Å². The van der Waals surface area contributed by atoms with Crippen LogP contribution in [-0.2, 0) is 21.0 Å². The zero-order valence-electron chi connectivity index (χ0n) is 20.1. The van der Waals surface area contributed by atoms with Crippen molar-refractivity contribution in [1.82, 2.24) is 5.32 Å². The van der Waals surface area contributed by atoms with Gasteiger partial charge in [0, 0.05) is 23.4 Å². The quantitative estimate of drug-likeness (QED) is 0.366. The number of benzene rings is 3. The predicted molar refractivity (Wildman–Crippen MR) is 135 cm³/mol. The Morgan fingerprint density at radius 3 is 2.26 bits per heavy atom. The zero-order chi connectivity index (χ0) is 28.5. The summed E-state index contributed by atoms with van der Waals surface area (Å²) in [6.07, 6.45) is -3.57. The van der Waals surface area contributed by atoms with E-state index < -0.39 is 51.4 Å². The fourth-order valence-corrected chi connectivity index (χ4v) is 4.66. The highest BCUT2D eigenvalue weighted by molar-refractivity contribution is 7.92. The molecule has 3 amide bonds. The Balaban J connectivity index is 1.48. The number of carbonyl (C=O) groups is 2. The van der Waals surface area contributed by atoms with E-state index in [2.05, 4.69) is 15.4 Å². The number of amides is 3. The van der Waals surface area contributed by atoms with Crippen LogP contribution in [0.2, 0.25) is 0 Å². The van der Waals surface area contributed by atoms with Crippen LogP contribution in [-0.4, -0.2) is 39.2 Å². The summed E-state index contributed by atoms with van der Waals surface area (Å²) in [5, 5.41) is 4.70. The molecule has 0 bridgehead atoms. The highest BCUT2D eigenvalue weighted by atomic mass is 32.2. The summed E-state index contributed by atoms with van der Waals surface area (Å²) in [5.74, 6) is -3.37. The Morgan fingerprint density at radius 1 is 0.949 bits per heavy atom. The number of anilines is 3. The smallest absolute Gasteiger partial charge is 0.326 e. The summed E-state index contributed by atoms with van der Waals surface area (Å²) in [4.78, 5) is 26.1. The number of nitrogens with one attached hydrogen (secondary N) is 3. The number of hydrogen-bond acceptors (Lipinski definition) is 4. The molecule has 0 aliphatic carbocycles. The molecule has 0 unspecified atom stereocenters. The molecule has 14 heteroatoms. The highest BCUT2D eigenvalue weighted by Crippen LogP contribution is 2.36. The Bertz CT molecular complexity index is 1530. The second kappa shape index (κ2) is 10.5. The standard InChI is InChI=1S/C25H21F5N4O4S/c1-39(37,38)33-18-5-3-2-4-16(18)17-10-11-20(22(27)21(17)26)34-13-12-19(23(34)35)32-24(36)31-15-8-6-14(7-9-15)25(28,29)30/h2-11,19,33H,12-13H2,1H3,(H2,31,32,36)/t19-/m1/s1. The number of alkyl halides is 3. The maximum Gasteiger partial charge on any atom is 0.416 e. The van der Waals surface area contributed by atoms with Gasteiger partial charge in [-0.3, -0.25) is 9.52 Å². The van der Waals surface area contributed by atoms with Crippen molar-refractivity contribution in [1.29, 1.82) is 0 Å². The molecule has 0 saturated carbocycles. The molecule has 4 rings (SSSR count). The Morgan fingerprint density at radius 2 is 1.62 bits per heavy atom. The molecule has 0 aromatic heterocycles. The van der Waals surface area contributed by atoms with Crippen LogP contribution in [0, 0.1) is 11.6 Å². The molecule has 1 atom stereocenters. The van der Waals surface area contributed by atoms with Crippen molar-refractivity contribution in [3.05, 3.63) is 77.9 Å². The van der Waals surface area contributed by atoms with Crippen molar-refractivity contribution in [2.45, 2.75) is 18.6 Å². The lowest BCUT2D eigenvalue weighted by molar-refractivity contribution is -0.137. The lowest BCUT2D eigenvalue weighted by atomic mass is 10.0. The molecule has 3 N–H and O–H groups in total. The number of rotatable bonds is 6. The van der Waals surface area contributed by atoms with Crippen molar-refractivity contribution in [3.8, 4) is 11.1 Å². The Kier molecular flexibility index (Phi) is 7.50. The van der Waals surface area contributed by atoms with Gasteiger partial charge in [-0.25, -0.2) is 22.0 Å². The van der Waals surface area contributed by atoms with E-state index in [1.54, 1.807) is 0 Å². The summed E-state index contributed by atoms with van der Waals surface area (Å²) < 4.78 is 94.0. The molecule has 1 fully saturated rings. The van der Waals surface area contributed by atoms with Crippen molar-refractivity contribution >= 4 is 39.0 Å². The highest BCUT2D eigenvalue weighted by Gasteiger charge is 2.36. The summed E-state index contributed by atoms with van der Waals surface area (Å²) in [6.45, 7) is -0.0496. The van der Waals surface area contributed by atoms with E-state index in [0.717, 1.165) is 35.4 Å². The summed E-state index contributed by atoms with van der Waals surface area (Å²) in [6, 6.07) is 9.92. The number of carbonyl (C=O) groups excluding carboxylic acids is 2. The van der Waals surface area contributed by atoms with Crippen LogP contribution in [0.3, 0.4) is 0 Å². The molecule has 1 heterocycles. The first kappa shape index (κ1) is 27.8. The monoisotopic (exact) mass is 568 g/mol. The van der Waals surface area contributed by atoms with E-state index in [0.29, 0.717) is 0 Å². The molecule has 3 aromatic carbocycles. The van der Waals surface area contributed by atoms with E-state index in [1.165, 1.54) is 36.4 Å². The van der Waals surface area contributed by atoms with Gasteiger partial charge in [0.2, 0.25) is 15.9 Å². The third-order valence-electron chi connectivity index (χ3n) is 5.85. The van der Waals surface area contributed by atoms with Gasteiger partial charge in [0.1, 0.15) is 6.04 Å². The summed E-state index contributed by atoms with van der Waals surface area (Å²) >= 11 is 0. The number of urea groups is 1. The van der Waals surface area contributed by atoms with Crippen LogP contribution >= 0.6 is 0 Å². The Labute approximate surface area is 219 Å². The minimum atomic E-state index is -4.54. The minimum absolute atomic E-state index is 0.0339. The van der Waals surface area contributed by atoms with Gasteiger partial charge in [0.15, 0.2) is 11.6 Å². The van der Waals surface area contributed by atoms with Gasteiger partial charge in [-0.1, -0.05) is 18.2 Å². The molecule has 8 nitrogen and oxygen atoms in total. The van der Waals surface area contributed by atoms with Crippen molar-refractivity contribution in [2.75, 3.05) is 27.7 Å². The number of hydrogen-bond donors (Lipinski definition) is 3. The molecule has 1 aliphatic rings. The minimum Gasteiger partial charge on any atom is -0.326 e. The van der Waals surface area contributed by atoms with Gasteiger partial charge < -0.3 is 15.5 Å². The van der Waals surface area contributed by atoms with Gasteiger partial charge in [0.25, 0.3) is 0 Å². The van der Waals surface area contributed by atoms with Crippen LogP contribution in [0.1, 0.15) is 12.0 Å². The number of nitrogens with zero attached hydrogens (tertiary/aromatic N) is 1. The second-order valence-corrected chi connectivity index (χ2v) is 10.4. The molecule has 1 saturated heterocycles. The number of para-hydroxylation sites is 1. The summed E-state index contributed by atoms with van der Waals surface area (Å²) in [7, 11) is -3.71. The van der Waals surface area contributed by atoms with Crippen molar-refractivity contribution in [3.63, 3.8) is 0 Å². The van der Waals surface area contributed by atoms with Crippen LogP contribution < -0.4 is 20.3 Å². The summed E-state index contributed by atoms with van der Waals surface area (Å²) in [5.41, 5.74) is -1.34. The zero-order valence-corrected chi connectivity index (χ0v) is 21.0. The van der Waals surface area contributed by atoms with Crippen LogP contribution in [0.5, 0.6) is 0 Å². The fourth-order valence-electron chi connectivity index (χ4n) is 4.08. The Hall–Kier alpha value is -4.20. The first-order chi connectivity index (χ1) is 18.2. The van der Waals surface area contributed by atoms with Gasteiger partial charge >= 0.3 is 12.2 Å². The first-order valence-corrected chi connectivity index (χ1v) is 13.2. The predicted octanol–water partition coefficient (Wildman–Crippen LogP) is 4.95. The molecule has 3 aromatic rings. The normalized spacial score (nSPS) is 15.8. The van der Waals surface area contributed by atoms with E-state index in [4.69, 9.17) is 0 Å². The molecule has 39 heavy (non-hydrogen) atoms. The van der Waals surface area contributed by atoms with E-state index in [9.17, 15) is 31.2 Å². The number of sulfonamides is 1. The first-order valence-electron chi connectivity index (χ1n) is 11.4. The molecule has 0 spiro atoms. The van der Waals surface area contributed by atoms with Crippen molar-refractivity contribution in [2.24, 2.45) is 0 Å². The van der Waals surface area contributed by atoms with Crippen LogP contribution in [0.4, 0.5) is 43.8 Å². The van der Waals surface area contributed by atoms with Crippen molar-refractivity contribution < 1.29 is 40.0 Å². The maximum atomic E-state index is 15.2. The number of halogens is 5. The van der Waals surface area contributed by atoms with Gasteiger partial charge in [-0.15, -0.1) is 0 Å². The van der Waals surface area contributed by atoms with Gasteiger partial charge in [-0.05, 0) is 48.9 Å². The largest absolute Gasteiger partial charge is 0.416 e. The molecular formula is C25H21F5N4O4S. The third-order valence-corrected chi connectivity index (χ3v) is 6.44. The van der Waals surface area contributed by atoms with Crippen LogP contribution in [0.25, 0.3) is 11.1 Å². The molecule has 1 aliphatic heterocycles. The molecule has 0 radical (unpaired) electrons. The maximum absolute atomic E-state index is 15.2. The lowest BCUT2D eigenvalue weighted by Crippen LogP contribution is -2.43. The third kappa shape index (κ3) is 6.28. The average molecular weight is 569 g/mol. The topological polar surface area (TPSA) is 108 Å². The van der Waals surface area contributed by atoms with Gasteiger partial charge in [-0.2, -0.15) is 13.2 Å². The molecule has 206 valence electrons. The fraction of sp³-hybridized carbons (Fsp3) is 0.200. The van der Waals surface area contributed by atoms with Gasteiger partial charge in [0.05, 0.1) is 23.2 Å². The SMILES string of the molecule is CS(=O)(=O)Nc1ccccc1-c1ccc(N2CC[C@@H](NC(=O)Nc3ccc(C(F)(F)F)cc3)C2=O)c(F)c1F. The van der Waals surface area contributed by atoms with E-state index in [-0.39, 0.29) is 41.2 Å². The average Bonchev–Trinajstić information content (AvgIpc) is 3.19. The molecular weight excluding hydrogens is 547 g/mol. The second-order valence-electron chi connectivity index (χ2n) is 8.68. The lowest BCUT2D eigenvalue weighted by Gasteiger charge is -2.20. The van der Waals surface area contributed by atoms with E-state index >= 15 is 8.78 Å².